The van der Waals surface area contributed by atoms with E-state index < -0.39 is 0 Å². The fourth-order valence-electron chi connectivity index (χ4n) is 1.68. The van der Waals surface area contributed by atoms with E-state index in [-0.39, 0.29) is 5.97 Å². The Hall–Kier alpha value is -1.90. The molecule has 0 bridgehead atoms. The molecule has 3 heteroatoms. The Morgan fingerprint density at radius 2 is 2.11 bits per heavy atom. The van der Waals surface area contributed by atoms with Gasteiger partial charge in [0.2, 0.25) is 0 Å². The molecule has 19 heavy (non-hydrogen) atoms. The fourth-order valence-corrected chi connectivity index (χ4v) is 1.68. The van der Waals surface area contributed by atoms with Gasteiger partial charge in [0, 0.05) is 11.4 Å². The molecule has 0 aliphatic heterocycles. The van der Waals surface area contributed by atoms with Crippen molar-refractivity contribution in [1.29, 1.82) is 0 Å². The second-order valence-corrected chi connectivity index (χ2v) is 3.59. The third-order valence-corrected chi connectivity index (χ3v) is 2.43. The smallest absolute Gasteiger partial charge is 0.340 e. The first-order valence-electron chi connectivity index (χ1n) is 6.52. The van der Waals surface area contributed by atoms with Crippen LogP contribution in [0.5, 0.6) is 0 Å². The highest BCUT2D eigenvalue weighted by Crippen LogP contribution is 1.98. The van der Waals surface area contributed by atoms with Crippen LogP contribution in [0.25, 0.3) is 12.2 Å². The maximum atomic E-state index is 11.8. The van der Waals surface area contributed by atoms with E-state index in [1.807, 2.05) is 32.9 Å². The number of ether oxygens (including phenoxy) is 1. The van der Waals surface area contributed by atoms with E-state index in [9.17, 15) is 4.79 Å². The molecule has 1 aromatic heterocycles. The Morgan fingerprint density at radius 3 is 2.58 bits per heavy atom. The Balaban J connectivity index is 0.00000154. The number of carbonyl (C=O) groups excluding carboxylic acids is 1. The molecule has 104 valence electrons. The summed E-state index contributed by atoms with van der Waals surface area (Å²) in [6.45, 7) is 11.5. The molecule has 1 heterocycles. The Labute approximate surface area is 115 Å². The predicted molar refractivity (Wildman–Crippen MR) is 80.3 cm³/mol. The average molecular weight is 261 g/mol. The first-order chi connectivity index (χ1) is 9.15. The Bertz CT molecular complexity index is 545. The Kier molecular flexibility index (Phi) is 8.18. The van der Waals surface area contributed by atoms with Gasteiger partial charge in [0.25, 0.3) is 0 Å². The molecule has 0 aliphatic carbocycles. The van der Waals surface area contributed by atoms with E-state index in [4.69, 9.17) is 4.74 Å². The first kappa shape index (κ1) is 17.1. The van der Waals surface area contributed by atoms with E-state index >= 15 is 0 Å². The van der Waals surface area contributed by atoms with Crippen LogP contribution in [0.15, 0.2) is 18.9 Å². The average Bonchev–Trinajstić information content (AvgIpc) is 2.44. The molecule has 1 rings (SSSR count). The number of nitrogens with zero attached hydrogens (tertiary/aromatic N) is 1. The highest BCUT2D eigenvalue weighted by molar-refractivity contribution is 5.91. The van der Waals surface area contributed by atoms with Crippen molar-refractivity contribution in [2.75, 3.05) is 7.11 Å². The summed E-state index contributed by atoms with van der Waals surface area (Å²) in [4.78, 5) is 16.0. The number of hydrogen-bond donors (Lipinski definition) is 0. The zero-order valence-corrected chi connectivity index (χ0v) is 12.5. The van der Waals surface area contributed by atoms with Crippen LogP contribution in [-0.2, 0) is 4.74 Å². The maximum absolute atomic E-state index is 11.8. The minimum absolute atomic E-state index is 0.353. The van der Waals surface area contributed by atoms with Crippen LogP contribution in [0, 0.1) is 6.92 Å². The molecule has 0 aromatic carbocycles. The minimum Gasteiger partial charge on any atom is -0.465 e. The summed E-state index contributed by atoms with van der Waals surface area (Å²) in [5.41, 5.74) is 1.21. The topological polar surface area (TPSA) is 39.2 Å². The van der Waals surface area contributed by atoms with Crippen molar-refractivity contribution >= 4 is 18.1 Å². The second kappa shape index (κ2) is 9.09. The molecule has 0 unspecified atom stereocenters. The molecule has 1 aromatic rings. The summed E-state index contributed by atoms with van der Waals surface area (Å²) >= 11 is 0. The van der Waals surface area contributed by atoms with Gasteiger partial charge in [-0.1, -0.05) is 45.6 Å². The Morgan fingerprint density at radius 1 is 1.47 bits per heavy atom. The lowest BCUT2D eigenvalue weighted by atomic mass is 10.1. The largest absolute Gasteiger partial charge is 0.465 e. The third kappa shape index (κ3) is 4.36. The molecule has 0 atom stereocenters. The molecule has 0 aliphatic rings. The number of esters is 1. The lowest BCUT2D eigenvalue weighted by molar-refractivity contribution is 0.0598. The minimum atomic E-state index is -0.353. The van der Waals surface area contributed by atoms with E-state index in [0.29, 0.717) is 11.3 Å². The molecule has 0 saturated heterocycles. The zero-order chi connectivity index (χ0) is 14.8. The van der Waals surface area contributed by atoms with Crippen LogP contribution >= 0.6 is 0 Å². The lowest BCUT2D eigenvalue weighted by Crippen LogP contribution is -2.33. The van der Waals surface area contributed by atoms with Gasteiger partial charge in [0.1, 0.15) is 0 Å². The van der Waals surface area contributed by atoms with Crippen LogP contribution in [0.1, 0.15) is 43.2 Å². The van der Waals surface area contributed by atoms with E-state index in [1.54, 1.807) is 19.2 Å². The summed E-state index contributed by atoms with van der Waals surface area (Å²) in [5.74, 6) is -0.353. The van der Waals surface area contributed by atoms with Gasteiger partial charge < -0.3 is 4.74 Å². The van der Waals surface area contributed by atoms with E-state index in [2.05, 4.69) is 11.6 Å². The van der Waals surface area contributed by atoms with Crippen molar-refractivity contribution < 1.29 is 9.53 Å². The number of pyridine rings is 1. The van der Waals surface area contributed by atoms with Gasteiger partial charge in [-0.2, -0.15) is 0 Å². The molecule has 0 radical (unpaired) electrons. The lowest BCUT2D eigenvalue weighted by Gasteiger charge is -2.04. The number of rotatable bonds is 3. The van der Waals surface area contributed by atoms with Crippen molar-refractivity contribution in [3.05, 3.63) is 40.5 Å². The van der Waals surface area contributed by atoms with Gasteiger partial charge in [-0.25, -0.2) is 4.79 Å². The van der Waals surface area contributed by atoms with Crippen molar-refractivity contribution in [3.8, 4) is 0 Å². The third-order valence-electron chi connectivity index (χ3n) is 2.43. The van der Waals surface area contributed by atoms with Crippen LogP contribution in [0.3, 0.4) is 0 Å². The molecule has 0 saturated carbocycles. The van der Waals surface area contributed by atoms with Crippen LogP contribution < -0.4 is 10.4 Å². The molecule has 0 N–H and O–H groups in total. The van der Waals surface area contributed by atoms with Crippen LogP contribution in [0.2, 0.25) is 0 Å². The van der Waals surface area contributed by atoms with Gasteiger partial charge in [0.15, 0.2) is 0 Å². The maximum Gasteiger partial charge on any atom is 0.340 e. The zero-order valence-electron chi connectivity index (χ0n) is 12.5. The van der Waals surface area contributed by atoms with Gasteiger partial charge in [-0.05, 0) is 18.6 Å². The summed E-state index contributed by atoms with van der Waals surface area (Å²) in [7, 11) is 1.38. The normalized spacial score (nSPS) is 11.6. The van der Waals surface area contributed by atoms with Crippen molar-refractivity contribution in [1.82, 2.24) is 4.98 Å². The summed E-state index contributed by atoms with van der Waals surface area (Å²) in [6.07, 6.45) is 8.09. The van der Waals surface area contributed by atoms with Gasteiger partial charge >= 0.3 is 5.97 Å². The summed E-state index contributed by atoms with van der Waals surface area (Å²) in [6, 6.07) is 0. The molecular weight excluding hydrogens is 238 g/mol. The predicted octanol–water partition coefficient (Wildman–Crippen LogP) is 2.36. The van der Waals surface area contributed by atoms with Crippen molar-refractivity contribution in [3.63, 3.8) is 0 Å². The quantitative estimate of drug-likeness (QED) is 0.784. The first-order valence-corrected chi connectivity index (χ1v) is 6.52. The second-order valence-electron chi connectivity index (χ2n) is 3.59. The summed E-state index contributed by atoms with van der Waals surface area (Å²) in [5, 5.41) is 1.75. The molecule has 0 spiro atoms. The standard InChI is InChI=1S/C14H17NO2.C2H6/c1-5-7-11-9-15-10(3)13(14(16)17-4)12(11)8-6-2;1-2/h5,7-9H,1,6H2,2-4H3;1-2H3/b11-7-,12-8+;. The van der Waals surface area contributed by atoms with E-state index in [0.717, 1.165) is 16.9 Å². The fraction of sp³-hybridized carbons (Fsp3) is 0.375. The highest BCUT2D eigenvalue weighted by Gasteiger charge is 2.12. The number of carbonyl (C=O) groups is 1. The number of aryl methyl sites for hydroxylation is 1. The molecule has 0 fully saturated rings. The number of methoxy groups -OCH3 is 1. The van der Waals surface area contributed by atoms with Gasteiger partial charge in [-0.3, -0.25) is 4.98 Å². The van der Waals surface area contributed by atoms with Gasteiger partial charge in [-0.15, -0.1) is 0 Å². The van der Waals surface area contributed by atoms with Gasteiger partial charge in [0.05, 0.1) is 18.4 Å². The monoisotopic (exact) mass is 261 g/mol. The summed E-state index contributed by atoms with van der Waals surface area (Å²) < 4.78 is 4.80. The highest BCUT2D eigenvalue weighted by atomic mass is 16.5. The van der Waals surface area contributed by atoms with Crippen molar-refractivity contribution in [2.45, 2.75) is 34.1 Å². The SMILES string of the molecule is C=C/C=c1/cnc(C)c(C(=O)OC)/c1=C/CC.CC. The molecule has 3 nitrogen and oxygen atoms in total. The molecular formula is C16H23NO2. The number of hydrogen-bond acceptors (Lipinski definition) is 3. The van der Waals surface area contributed by atoms with Crippen LogP contribution in [-0.4, -0.2) is 18.1 Å². The number of aromatic nitrogens is 1. The molecule has 0 amide bonds. The van der Waals surface area contributed by atoms with Crippen molar-refractivity contribution in [2.24, 2.45) is 0 Å². The van der Waals surface area contributed by atoms with E-state index in [1.165, 1.54) is 7.11 Å². The van der Waals surface area contributed by atoms with Crippen LogP contribution in [0.4, 0.5) is 0 Å². The number of allylic oxidation sites excluding steroid dienone is 1.